The third kappa shape index (κ3) is 5.02. The average Bonchev–Trinajstić information content (AvgIpc) is 3.16. The number of amides is 1. The summed E-state index contributed by atoms with van der Waals surface area (Å²) >= 11 is 0. The second-order valence-electron chi connectivity index (χ2n) is 7.89. The number of aryl methyl sites for hydroxylation is 3. The van der Waals surface area contributed by atoms with E-state index in [9.17, 15) is 13.2 Å². The van der Waals surface area contributed by atoms with Crippen molar-refractivity contribution in [1.82, 2.24) is 14.8 Å². The number of pyridine rings is 1. The van der Waals surface area contributed by atoms with Gasteiger partial charge in [0.05, 0.1) is 19.0 Å². The third-order valence-corrected chi connectivity index (χ3v) is 6.68. The van der Waals surface area contributed by atoms with E-state index in [4.69, 9.17) is 8.92 Å². The molecule has 0 fully saturated rings. The van der Waals surface area contributed by atoms with Crippen molar-refractivity contribution in [2.45, 2.75) is 25.7 Å². The number of carbonyl (C=O) groups excluding carboxylic acids is 1. The van der Waals surface area contributed by atoms with Gasteiger partial charge in [0.2, 0.25) is 0 Å². The molecule has 1 N–H and O–H groups in total. The van der Waals surface area contributed by atoms with Crippen LogP contribution in [0.4, 0.5) is 0 Å². The molecule has 0 saturated carbocycles. The summed E-state index contributed by atoms with van der Waals surface area (Å²) in [6.45, 7) is 5.26. The van der Waals surface area contributed by atoms with Crippen molar-refractivity contribution in [1.29, 1.82) is 0 Å². The summed E-state index contributed by atoms with van der Waals surface area (Å²) in [5.74, 6) is -0.174. The topological polar surface area (TPSA) is 111 Å². The molecule has 2 heterocycles. The third-order valence-electron chi connectivity index (χ3n) is 5.30. The van der Waals surface area contributed by atoms with Gasteiger partial charge in [0.1, 0.15) is 16.2 Å². The number of carbonyl (C=O) groups is 1. The highest BCUT2D eigenvalue weighted by Crippen LogP contribution is 2.31. The van der Waals surface area contributed by atoms with E-state index in [0.29, 0.717) is 28.2 Å². The van der Waals surface area contributed by atoms with Crippen molar-refractivity contribution in [3.05, 3.63) is 88.9 Å². The molecule has 4 aromatic rings. The molecule has 0 unspecified atom stereocenters. The fourth-order valence-corrected chi connectivity index (χ4v) is 4.83. The van der Waals surface area contributed by atoms with Crippen molar-refractivity contribution in [3.63, 3.8) is 0 Å². The summed E-state index contributed by atoms with van der Waals surface area (Å²) < 4.78 is 38.1. The lowest BCUT2D eigenvalue weighted by molar-refractivity contribution is 0.0948. The van der Waals surface area contributed by atoms with Crippen molar-refractivity contribution < 1.29 is 22.1 Å². The number of hydrogen-bond donors (Lipinski definition) is 1. The molecule has 0 aliphatic heterocycles. The van der Waals surface area contributed by atoms with Gasteiger partial charge in [-0.25, -0.2) is 10.4 Å². The van der Waals surface area contributed by atoms with Gasteiger partial charge in [-0.3, -0.25) is 9.20 Å². The highest BCUT2D eigenvalue weighted by molar-refractivity contribution is 7.87. The molecular weight excluding hydrogens is 468 g/mol. The number of benzene rings is 2. The normalized spacial score (nSPS) is 11.7. The van der Waals surface area contributed by atoms with E-state index < -0.39 is 16.0 Å². The van der Waals surface area contributed by atoms with Gasteiger partial charge in [-0.2, -0.15) is 13.5 Å². The maximum atomic E-state index is 12.8. The van der Waals surface area contributed by atoms with Gasteiger partial charge in [-0.15, -0.1) is 0 Å². The van der Waals surface area contributed by atoms with Crippen LogP contribution in [0.5, 0.6) is 11.5 Å². The number of ether oxygens (including phenoxy) is 1. The molecule has 2 aromatic carbocycles. The molecule has 35 heavy (non-hydrogen) atoms. The van der Waals surface area contributed by atoms with Crippen LogP contribution in [0.1, 0.15) is 32.9 Å². The van der Waals surface area contributed by atoms with Gasteiger partial charge < -0.3 is 8.92 Å². The SMILES string of the molecule is COc1cc(/C=N/NC(=O)c2c(C)nc3ccccn23)ccc1OS(=O)(=O)c1cc(C)ccc1C. The molecular formula is C25H24N4O5S. The van der Waals surface area contributed by atoms with Crippen LogP contribution in [0.25, 0.3) is 5.65 Å². The molecule has 10 heteroatoms. The van der Waals surface area contributed by atoms with Crippen LogP contribution in [0, 0.1) is 20.8 Å². The van der Waals surface area contributed by atoms with Crippen molar-refractivity contribution >= 4 is 27.9 Å². The summed E-state index contributed by atoms with van der Waals surface area (Å²) in [6, 6.07) is 15.2. The van der Waals surface area contributed by atoms with Crippen LogP contribution in [0.15, 0.2) is 70.8 Å². The molecule has 0 bridgehead atoms. The number of hydrazone groups is 1. The van der Waals surface area contributed by atoms with Gasteiger partial charge in [-0.1, -0.05) is 18.2 Å². The fraction of sp³-hybridized carbons (Fsp3) is 0.160. The number of rotatable bonds is 7. The average molecular weight is 493 g/mol. The van der Waals surface area contributed by atoms with Gasteiger partial charge in [0.15, 0.2) is 11.5 Å². The maximum absolute atomic E-state index is 12.8. The highest BCUT2D eigenvalue weighted by Gasteiger charge is 2.22. The van der Waals surface area contributed by atoms with Gasteiger partial charge >= 0.3 is 10.1 Å². The molecule has 0 atom stereocenters. The summed E-state index contributed by atoms with van der Waals surface area (Å²) in [6.07, 6.45) is 3.17. The highest BCUT2D eigenvalue weighted by atomic mass is 32.2. The Morgan fingerprint density at radius 3 is 2.63 bits per heavy atom. The minimum absolute atomic E-state index is 0.0379. The Kier molecular flexibility index (Phi) is 6.57. The largest absolute Gasteiger partial charge is 0.493 e. The summed E-state index contributed by atoms with van der Waals surface area (Å²) in [5, 5.41) is 4.01. The molecule has 9 nitrogen and oxygen atoms in total. The zero-order valence-corrected chi connectivity index (χ0v) is 20.5. The molecule has 0 radical (unpaired) electrons. The van der Waals surface area contributed by atoms with Crippen molar-refractivity contribution in [3.8, 4) is 11.5 Å². The maximum Gasteiger partial charge on any atom is 0.339 e. The van der Waals surface area contributed by atoms with E-state index in [1.165, 1.54) is 19.4 Å². The Bertz CT molecular complexity index is 1560. The Morgan fingerprint density at radius 1 is 1.06 bits per heavy atom. The van der Waals surface area contributed by atoms with Crippen LogP contribution in [0.2, 0.25) is 0 Å². The second-order valence-corrected chi connectivity index (χ2v) is 9.41. The summed E-state index contributed by atoms with van der Waals surface area (Å²) in [7, 11) is -2.66. The first kappa shape index (κ1) is 24.0. The Balaban J connectivity index is 1.52. The van der Waals surface area contributed by atoms with E-state index in [-0.39, 0.29) is 16.4 Å². The van der Waals surface area contributed by atoms with Gasteiger partial charge in [0.25, 0.3) is 5.91 Å². The van der Waals surface area contributed by atoms with Crippen molar-refractivity contribution in [2.24, 2.45) is 5.10 Å². The Labute approximate surface area is 203 Å². The molecule has 0 aliphatic rings. The molecule has 0 spiro atoms. The zero-order valence-electron chi connectivity index (χ0n) is 19.6. The van der Waals surface area contributed by atoms with E-state index in [1.807, 2.05) is 31.2 Å². The number of hydrogen-bond acceptors (Lipinski definition) is 7. The monoisotopic (exact) mass is 492 g/mol. The fourth-order valence-electron chi connectivity index (χ4n) is 3.58. The summed E-state index contributed by atoms with van der Waals surface area (Å²) in [5.41, 5.74) is 6.07. The molecule has 0 saturated heterocycles. The van der Waals surface area contributed by atoms with Crippen LogP contribution in [-0.2, 0) is 10.1 Å². The number of aromatic nitrogens is 2. The summed E-state index contributed by atoms with van der Waals surface area (Å²) in [4.78, 5) is 17.1. The smallest absolute Gasteiger partial charge is 0.339 e. The quantitative estimate of drug-likeness (QED) is 0.239. The van der Waals surface area contributed by atoms with Crippen LogP contribution < -0.4 is 14.3 Å². The number of nitrogens with one attached hydrogen (secondary N) is 1. The Hall–Kier alpha value is -4.18. The molecule has 4 rings (SSSR count). The van der Waals surface area contributed by atoms with E-state index in [2.05, 4.69) is 15.5 Å². The first-order chi connectivity index (χ1) is 16.7. The number of nitrogens with zero attached hydrogens (tertiary/aromatic N) is 3. The minimum atomic E-state index is -4.07. The standard InChI is InChI=1S/C25H24N4O5S/c1-16-8-9-17(2)22(13-16)35(31,32)34-20-11-10-19(14-21(20)33-4)15-26-28-25(30)24-18(3)27-23-7-5-6-12-29(23)24/h5-15H,1-4H3,(H,28,30)/b26-15+. The minimum Gasteiger partial charge on any atom is -0.493 e. The first-order valence-electron chi connectivity index (χ1n) is 10.7. The number of imidazole rings is 1. The lowest BCUT2D eigenvalue weighted by atomic mass is 10.2. The first-order valence-corrected chi connectivity index (χ1v) is 12.1. The van der Waals surface area contributed by atoms with Crippen LogP contribution in [0.3, 0.4) is 0 Å². The Morgan fingerprint density at radius 2 is 1.86 bits per heavy atom. The second kappa shape index (κ2) is 9.59. The lowest BCUT2D eigenvalue weighted by Gasteiger charge is -2.13. The molecule has 0 aliphatic carbocycles. The molecule has 180 valence electrons. The molecule has 2 aromatic heterocycles. The predicted octanol–water partition coefficient (Wildman–Crippen LogP) is 3.80. The van der Waals surface area contributed by atoms with E-state index in [1.54, 1.807) is 48.7 Å². The number of methoxy groups -OCH3 is 1. The molecule has 1 amide bonds. The van der Waals surface area contributed by atoms with Crippen LogP contribution in [-0.4, -0.2) is 37.0 Å². The van der Waals surface area contributed by atoms with Crippen molar-refractivity contribution in [2.75, 3.05) is 7.11 Å². The zero-order chi connectivity index (χ0) is 25.2. The van der Waals surface area contributed by atoms with Gasteiger partial charge in [-0.05, 0) is 73.9 Å². The lowest BCUT2D eigenvalue weighted by Crippen LogP contribution is -2.20. The number of fused-ring (bicyclic) bond motifs is 1. The van der Waals surface area contributed by atoms with Crippen LogP contribution >= 0.6 is 0 Å². The van der Waals surface area contributed by atoms with E-state index >= 15 is 0 Å². The van der Waals surface area contributed by atoms with Gasteiger partial charge in [0, 0.05) is 6.20 Å². The predicted molar refractivity (Wildman–Crippen MR) is 132 cm³/mol. The van der Waals surface area contributed by atoms with E-state index in [0.717, 1.165) is 5.56 Å².